The van der Waals surface area contributed by atoms with Crippen LogP contribution in [0.2, 0.25) is 5.15 Å². The van der Waals surface area contributed by atoms with Crippen molar-refractivity contribution >= 4 is 17.4 Å². The quantitative estimate of drug-likeness (QED) is 0.854. The molecule has 0 saturated carbocycles. The second-order valence-electron chi connectivity index (χ2n) is 4.40. The van der Waals surface area contributed by atoms with E-state index in [2.05, 4.69) is 15.3 Å². The lowest BCUT2D eigenvalue weighted by molar-refractivity contribution is -0.137. The maximum absolute atomic E-state index is 12.6. The van der Waals surface area contributed by atoms with Gasteiger partial charge in [-0.25, -0.2) is 9.97 Å². The van der Waals surface area contributed by atoms with Crippen molar-refractivity contribution in [3.05, 3.63) is 52.4 Å². The molecule has 112 valence electrons. The largest absolute Gasteiger partial charge is 0.416 e. The highest BCUT2D eigenvalue weighted by Crippen LogP contribution is 2.29. The number of nitrogens with one attached hydrogen (secondary N) is 1. The minimum Gasteiger partial charge on any atom is -0.366 e. The van der Waals surface area contributed by atoms with Crippen molar-refractivity contribution in [3.63, 3.8) is 0 Å². The summed E-state index contributed by atoms with van der Waals surface area (Å²) < 4.78 is 37.9. The van der Waals surface area contributed by atoms with Crippen LogP contribution in [0.25, 0.3) is 0 Å². The van der Waals surface area contributed by atoms with E-state index < -0.39 is 11.7 Å². The minimum atomic E-state index is -4.34. The van der Waals surface area contributed by atoms with Crippen LogP contribution in [0.5, 0.6) is 0 Å². The van der Waals surface area contributed by atoms with Gasteiger partial charge in [0, 0.05) is 19.0 Å². The maximum Gasteiger partial charge on any atom is 0.416 e. The first-order valence-corrected chi connectivity index (χ1v) is 6.69. The van der Waals surface area contributed by atoms with E-state index in [0.717, 1.165) is 12.1 Å². The van der Waals surface area contributed by atoms with Crippen molar-refractivity contribution in [2.75, 3.05) is 5.32 Å². The molecule has 2 rings (SSSR count). The normalized spacial score (nSPS) is 11.5. The molecule has 7 heteroatoms. The maximum atomic E-state index is 12.6. The summed E-state index contributed by atoms with van der Waals surface area (Å²) in [5, 5.41) is 3.25. The van der Waals surface area contributed by atoms with Crippen molar-refractivity contribution < 1.29 is 13.2 Å². The molecule has 3 nitrogen and oxygen atoms in total. The van der Waals surface area contributed by atoms with Crippen LogP contribution in [0.15, 0.2) is 30.3 Å². The Morgan fingerprint density at radius 1 is 1.19 bits per heavy atom. The average molecular weight is 316 g/mol. The number of hydrogen-bond acceptors (Lipinski definition) is 3. The Labute approximate surface area is 125 Å². The SMILES string of the molecule is CCc1nc(Cl)cc(NCc2cccc(C(F)(F)F)c2)n1. The Morgan fingerprint density at radius 3 is 2.62 bits per heavy atom. The molecule has 0 aliphatic heterocycles. The summed E-state index contributed by atoms with van der Waals surface area (Å²) >= 11 is 5.86. The highest BCUT2D eigenvalue weighted by Gasteiger charge is 2.30. The molecule has 0 spiro atoms. The summed E-state index contributed by atoms with van der Waals surface area (Å²) in [6, 6.07) is 6.68. The number of hydrogen-bond donors (Lipinski definition) is 1. The lowest BCUT2D eigenvalue weighted by Crippen LogP contribution is -2.08. The molecule has 0 atom stereocenters. The number of halogens is 4. The molecular formula is C14H13ClF3N3. The first kappa shape index (κ1) is 15.6. The van der Waals surface area contributed by atoms with Crippen LogP contribution in [-0.4, -0.2) is 9.97 Å². The van der Waals surface area contributed by atoms with Crippen molar-refractivity contribution in [1.82, 2.24) is 9.97 Å². The van der Waals surface area contributed by atoms with Crippen LogP contribution >= 0.6 is 11.6 Å². The number of benzene rings is 1. The predicted molar refractivity (Wildman–Crippen MR) is 75.2 cm³/mol. The van der Waals surface area contributed by atoms with Crippen LogP contribution in [0.1, 0.15) is 23.9 Å². The Hall–Kier alpha value is -1.82. The number of aryl methyl sites for hydroxylation is 1. The Morgan fingerprint density at radius 2 is 1.95 bits per heavy atom. The highest BCUT2D eigenvalue weighted by molar-refractivity contribution is 6.29. The molecule has 1 heterocycles. The van der Waals surface area contributed by atoms with E-state index in [9.17, 15) is 13.2 Å². The van der Waals surface area contributed by atoms with E-state index in [1.54, 1.807) is 6.07 Å². The van der Waals surface area contributed by atoms with Gasteiger partial charge in [0.15, 0.2) is 0 Å². The summed E-state index contributed by atoms with van der Waals surface area (Å²) in [4.78, 5) is 8.23. The fraction of sp³-hybridized carbons (Fsp3) is 0.286. The lowest BCUT2D eigenvalue weighted by Gasteiger charge is -2.10. The zero-order chi connectivity index (χ0) is 15.5. The van der Waals surface area contributed by atoms with Crippen LogP contribution in [0, 0.1) is 0 Å². The molecule has 0 aliphatic carbocycles. The molecular weight excluding hydrogens is 303 g/mol. The molecule has 0 aliphatic rings. The van der Waals surface area contributed by atoms with Crippen LogP contribution in [-0.2, 0) is 19.1 Å². The Bertz CT molecular complexity index is 629. The first-order valence-electron chi connectivity index (χ1n) is 6.32. The van der Waals surface area contributed by atoms with Crippen molar-refractivity contribution in [1.29, 1.82) is 0 Å². The lowest BCUT2D eigenvalue weighted by atomic mass is 10.1. The number of anilines is 1. The first-order chi connectivity index (χ1) is 9.88. The number of rotatable bonds is 4. The zero-order valence-corrected chi connectivity index (χ0v) is 12.0. The van der Waals surface area contributed by atoms with Gasteiger partial charge in [0.1, 0.15) is 16.8 Å². The number of alkyl halides is 3. The van der Waals surface area contributed by atoms with Crippen molar-refractivity contribution in [2.24, 2.45) is 0 Å². The van der Waals surface area contributed by atoms with E-state index in [4.69, 9.17) is 11.6 Å². The van der Waals surface area contributed by atoms with Gasteiger partial charge in [-0.15, -0.1) is 0 Å². The Balaban J connectivity index is 2.11. The number of aromatic nitrogens is 2. The smallest absolute Gasteiger partial charge is 0.366 e. The van der Waals surface area contributed by atoms with Gasteiger partial charge in [-0.1, -0.05) is 30.7 Å². The van der Waals surface area contributed by atoms with Crippen LogP contribution in [0.3, 0.4) is 0 Å². The van der Waals surface area contributed by atoms with E-state index >= 15 is 0 Å². The van der Waals surface area contributed by atoms with Gasteiger partial charge in [-0.05, 0) is 17.7 Å². The van der Waals surface area contributed by atoms with E-state index in [0.29, 0.717) is 28.8 Å². The van der Waals surface area contributed by atoms with Crippen LogP contribution in [0.4, 0.5) is 19.0 Å². The fourth-order valence-corrected chi connectivity index (χ4v) is 1.96. The second-order valence-corrected chi connectivity index (χ2v) is 4.78. The molecule has 1 N–H and O–H groups in total. The van der Waals surface area contributed by atoms with Gasteiger partial charge < -0.3 is 5.32 Å². The zero-order valence-electron chi connectivity index (χ0n) is 11.2. The van der Waals surface area contributed by atoms with Gasteiger partial charge >= 0.3 is 6.18 Å². The third-order valence-electron chi connectivity index (χ3n) is 2.79. The predicted octanol–water partition coefficient (Wildman–Crippen LogP) is 4.32. The molecule has 0 unspecified atom stereocenters. The molecule has 0 saturated heterocycles. The third kappa shape index (κ3) is 4.32. The molecule has 21 heavy (non-hydrogen) atoms. The molecule has 0 radical (unpaired) electrons. The molecule has 0 amide bonds. The van der Waals surface area contributed by atoms with E-state index in [-0.39, 0.29) is 6.54 Å². The summed E-state index contributed by atoms with van der Waals surface area (Å²) in [7, 11) is 0. The minimum absolute atomic E-state index is 0.223. The molecule has 2 aromatic rings. The van der Waals surface area contributed by atoms with E-state index in [1.165, 1.54) is 12.1 Å². The summed E-state index contributed by atoms with van der Waals surface area (Å²) in [6.07, 6.45) is -3.72. The fourth-order valence-electron chi connectivity index (χ4n) is 1.76. The third-order valence-corrected chi connectivity index (χ3v) is 2.98. The topological polar surface area (TPSA) is 37.8 Å². The standard InChI is InChI=1S/C14H13ClF3N3/c1-2-12-20-11(15)7-13(21-12)19-8-9-4-3-5-10(6-9)14(16,17)18/h3-7H,2,8H2,1H3,(H,19,20,21). The van der Waals surface area contributed by atoms with Gasteiger partial charge in [0.05, 0.1) is 5.56 Å². The van der Waals surface area contributed by atoms with Gasteiger partial charge in [-0.2, -0.15) is 13.2 Å². The summed E-state index contributed by atoms with van der Waals surface area (Å²) in [5.74, 6) is 1.07. The van der Waals surface area contributed by atoms with Gasteiger partial charge in [0.25, 0.3) is 0 Å². The molecule has 0 fully saturated rings. The average Bonchev–Trinajstić information content (AvgIpc) is 2.44. The van der Waals surface area contributed by atoms with Crippen LogP contribution < -0.4 is 5.32 Å². The molecule has 1 aromatic heterocycles. The summed E-state index contributed by atoms with van der Waals surface area (Å²) in [5.41, 5.74) is -0.158. The summed E-state index contributed by atoms with van der Waals surface area (Å²) in [6.45, 7) is 2.11. The molecule has 0 bridgehead atoms. The van der Waals surface area contributed by atoms with E-state index in [1.807, 2.05) is 6.92 Å². The molecule has 1 aromatic carbocycles. The number of nitrogens with zero attached hydrogens (tertiary/aromatic N) is 2. The second kappa shape index (κ2) is 6.30. The van der Waals surface area contributed by atoms with Crippen molar-refractivity contribution in [3.8, 4) is 0 Å². The Kier molecular flexibility index (Phi) is 4.67. The van der Waals surface area contributed by atoms with Crippen molar-refractivity contribution in [2.45, 2.75) is 26.1 Å². The monoisotopic (exact) mass is 315 g/mol. The van der Waals surface area contributed by atoms with Gasteiger partial charge in [0.2, 0.25) is 0 Å². The van der Waals surface area contributed by atoms with Gasteiger partial charge in [-0.3, -0.25) is 0 Å². The highest BCUT2D eigenvalue weighted by atomic mass is 35.5.